The molecule has 17 heavy (non-hydrogen) atoms. The van der Waals surface area contributed by atoms with Gasteiger partial charge in [0.2, 0.25) is 0 Å². The van der Waals surface area contributed by atoms with Gasteiger partial charge in [-0.1, -0.05) is 11.6 Å². The molecule has 0 fully saturated rings. The van der Waals surface area contributed by atoms with E-state index in [1.807, 2.05) is 0 Å². The molecule has 0 saturated heterocycles. The number of ether oxygens (including phenoxy) is 2. The van der Waals surface area contributed by atoms with Crippen molar-refractivity contribution in [3.05, 3.63) is 22.7 Å². The molecule has 1 aromatic rings. The zero-order valence-electron chi connectivity index (χ0n) is 9.81. The number of methoxy groups -OCH3 is 2. The van der Waals surface area contributed by atoms with Gasteiger partial charge in [0.05, 0.1) is 25.8 Å². The number of halogens is 3. The Morgan fingerprint density at radius 3 is 2.24 bits per heavy atom. The lowest BCUT2D eigenvalue weighted by Gasteiger charge is -2.19. The van der Waals surface area contributed by atoms with Crippen LogP contribution in [0.15, 0.2) is 12.1 Å². The fourth-order valence-corrected chi connectivity index (χ4v) is 1.74. The third kappa shape index (κ3) is 2.98. The van der Waals surface area contributed by atoms with Crippen molar-refractivity contribution in [2.24, 2.45) is 0 Å². The highest BCUT2D eigenvalue weighted by molar-refractivity contribution is 6.31. The van der Waals surface area contributed by atoms with Crippen LogP contribution in [0.2, 0.25) is 5.02 Å². The quantitative estimate of drug-likeness (QED) is 0.888. The molecule has 0 aliphatic carbocycles. The van der Waals surface area contributed by atoms with Crippen LogP contribution in [0.5, 0.6) is 11.5 Å². The van der Waals surface area contributed by atoms with E-state index in [0.29, 0.717) is 5.75 Å². The fourth-order valence-electron chi connectivity index (χ4n) is 1.45. The zero-order chi connectivity index (χ0) is 13.1. The Morgan fingerprint density at radius 2 is 1.76 bits per heavy atom. The predicted octanol–water partition coefficient (Wildman–Crippen LogP) is 2.67. The number of alkyl halides is 2. The third-order valence-electron chi connectivity index (χ3n) is 2.27. The van der Waals surface area contributed by atoms with Crippen molar-refractivity contribution in [1.82, 2.24) is 5.32 Å². The maximum absolute atomic E-state index is 13.7. The van der Waals surface area contributed by atoms with Crippen LogP contribution in [-0.4, -0.2) is 27.8 Å². The molecular formula is C11H14ClF2NO2. The van der Waals surface area contributed by atoms with Gasteiger partial charge in [0.15, 0.2) is 11.5 Å². The van der Waals surface area contributed by atoms with E-state index in [9.17, 15) is 8.78 Å². The van der Waals surface area contributed by atoms with Gasteiger partial charge >= 0.3 is 0 Å². The molecule has 0 atom stereocenters. The molecule has 0 saturated carbocycles. The van der Waals surface area contributed by atoms with Crippen molar-refractivity contribution in [3.8, 4) is 11.5 Å². The first kappa shape index (κ1) is 14.0. The Hall–Kier alpha value is -1.07. The van der Waals surface area contributed by atoms with Gasteiger partial charge in [-0.15, -0.1) is 0 Å². The number of benzene rings is 1. The highest BCUT2D eigenvalue weighted by Gasteiger charge is 2.34. The molecule has 0 aliphatic rings. The van der Waals surface area contributed by atoms with Crippen molar-refractivity contribution in [3.63, 3.8) is 0 Å². The fraction of sp³-hybridized carbons (Fsp3) is 0.455. The normalized spacial score (nSPS) is 11.4. The first-order valence-electron chi connectivity index (χ1n) is 4.90. The van der Waals surface area contributed by atoms with E-state index in [0.717, 1.165) is 0 Å². The van der Waals surface area contributed by atoms with Crippen LogP contribution in [-0.2, 0) is 5.92 Å². The number of rotatable bonds is 5. The minimum Gasteiger partial charge on any atom is -0.493 e. The van der Waals surface area contributed by atoms with Gasteiger partial charge in [-0.25, -0.2) is 0 Å². The molecule has 96 valence electrons. The molecule has 0 amide bonds. The van der Waals surface area contributed by atoms with Crippen LogP contribution in [0.3, 0.4) is 0 Å². The summed E-state index contributed by atoms with van der Waals surface area (Å²) in [6, 6.07) is 2.51. The molecule has 0 heterocycles. The van der Waals surface area contributed by atoms with Gasteiger partial charge in [-0.3, -0.25) is 0 Å². The number of hydrogen-bond donors (Lipinski definition) is 1. The van der Waals surface area contributed by atoms with Crippen LogP contribution < -0.4 is 14.8 Å². The van der Waals surface area contributed by atoms with E-state index in [-0.39, 0.29) is 16.3 Å². The van der Waals surface area contributed by atoms with Crippen LogP contribution in [0.4, 0.5) is 8.78 Å². The summed E-state index contributed by atoms with van der Waals surface area (Å²) in [5, 5.41) is 2.37. The molecule has 1 rings (SSSR count). The van der Waals surface area contributed by atoms with E-state index < -0.39 is 12.5 Å². The predicted molar refractivity (Wildman–Crippen MR) is 62.4 cm³/mol. The average Bonchev–Trinajstić information content (AvgIpc) is 2.28. The van der Waals surface area contributed by atoms with E-state index in [2.05, 4.69) is 5.32 Å². The lowest BCUT2D eigenvalue weighted by Crippen LogP contribution is -2.28. The number of likely N-dealkylation sites (N-methyl/N-ethyl adjacent to an activating group) is 1. The van der Waals surface area contributed by atoms with Gasteiger partial charge in [0.25, 0.3) is 5.92 Å². The Kier molecular flexibility index (Phi) is 4.54. The molecule has 6 heteroatoms. The number of nitrogens with one attached hydrogen (secondary N) is 1. The molecule has 0 bridgehead atoms. The summed E-state index contributed by atoms with van der Waals surface area (Å²) in [6.45, 7) is -0.498. The smallest absolute Gasteiger partial charge is 0.286 e. The zero-order valence-corrected chi connectivity index (χ0v) is 10.6. The second-order valence-corrected chi connectivity index (χ2v) is 3.83. The summed E-state index contributed by atoms with van der Waals surface area (Å²) in [4.78, 5) is 0. The Balaban J connectivity index is 3.25. The average molecular weight is 266 g/mol. The maximum atomic E-state index is 13.7. The first-order chi connectivity index (χ1) is 7.96. The lowest BCUT2D eigenvalue weighted by atomic mass is 10.1. The minimum absolute atomic E-state index is 0.0529. The van der Waals surface area contributed by atoms with E-state index in [4.69, 9.17) is 21.1 Å². The van der Waals surface area contributed by atoms with E-state index in [1.165, 1.54) is 33.4 Å². The second kappa shape index (κ2) is 5.51. The topological polar surface area (TPSA) is 30.5 Å². The van der Waals surface area contributed by atoms with E-state index >= 15 is 0 Å². The van der Waals surface area contributed by atoms with Gasteiger partial charge < -0.3 is 14.8 Å². The van der Waals surface area contributed by atoms with Crippen LogP contribution in [0, 0.1) is 0 Å². The summed E-state index contributed by atoms with van der Waals surface area (Å²) in [6.07, 6.45) is 0. The monoisotopic (exact) mass is 265 g/mol. The van der Waals surface area contributed by atoms with Crippen molar-refractivity contribution in [2.75, 3.05) is 27.8 Å². The minimum atomic E-state index is -3.06. The molecule has 0 aliphatic heterocycles. The van der Waals surface area contributed by atoms with Gasteiger partial charge in [0.1, 0.15) is 0 Å². The molecule has 1 N–H and O–H groups in total. The maximum Gasteiger partial charge on any atom is 0.286 e. The van der Waals surface area contributed by atoms with Crippen LogP contribution in [0.1, 0.15) is 5.56 Å². The highest BCUT2D eigenvalue weighted by Crippen LogP contribution is 2.40. The van der Waals surface area contributed by atoms with Crippen molar-refractivity contribution in [2.45, 2.75) is 5.92 Å². The lowest BCUT2D eigenvalue weighted by molar-refractivity contribution is -0.00137. The second-order valence-electron chi connectivity index (χ2n) is 3.42. The van der Waals surface area contributed by atoms with Crippen LogP contribution in [0.25, 0.3) is 0 Å². The molecule has 0 spiro atoms. The largest absolute Gasteiger partial charge is 0.493 e. The number of hydrogen-bond acceptors (Lipinski definition) is 3. The summed E-state index contributed by atoms with van der Waals surface area (Å²) in [7, 11) is 4.24. The summed E-state index contributed by atoms with van der Waals surface area (Å²) < 4.78 is 37.4. The third-order valence-corrected chi connectivity index (χ3v) is 2.58. The summed E-state index contributed by atoms with van der Waals surface area (Å²) in [5.74, 6) is -2.52. The molecule has 0 unspecified atom stereocenters. The molecule has 0 aromatic heterocycles. The van der Waals surface area contributed by atoms with Crippen molar-refractivity contribution >= 4 is 11.6 Å². The van der Waals surface area contributed by atoms with Gasteiger partial charge in [0, 0.05) is 11.6 Å². The SMILES string of the molecule is CNCC(F)(F)c1cc(OC)c(OC)cc1Cl. The highest BCUT2D eigenvalue weighted by atomic mass is 35.5. The Bertz CT molecular complexity index is 399. The van der Waals surface area contributed by atoms with Crippen molar-refractivity contribution in [1.29, 1.82) is 0 Å². The van der Waals surface area contributed by atoms with Crippen molar-refractivity contribution < 1.29 is 18.3 Å². The summed E-state index contributed by atoms with van der Waals surface area (Å²) in [5.41, 5.74) is -0.286. The van der Waals surface area contributed by atoms with Crippen LogP contribution >= 0.6 is 11.6 Å². The van der Waals surface area contributed by atoms with Gasteiger partial charge in [-0.05, 0) is 13.1 Å². The molecule has 0 radical (unpaired) electrons. The molecular weight excluding hydrogens is 252 g/mol. The molecule has 1 aromatic carbocycles. The van der Waals surface area contributed by atoms with Gasteiger partial charge in [-0.2, -0.15) is 8.78 Å². The Morgan fingerprint density at radius 1 is 1.24 bits per heavy atom. The molecule has 3 nitrogen and oxygen atoms in total. The standard InChI is InChI=1S/C11H14ClF2NO2/c1-15-6-11(13,14)7-4-9(16-2)10(17-3)5-8(7)12/h4-5,15H,6H2,1-3H3. The first-order valence-corrected chi connectivity index (χ1v) is 5.28. The summed E-state index contributed by atoms with van der Waals surface area (Å²) >= 11 is 5.81. The van der Waals surface area contributed by atoms with E-state index in [1.54, 1.807) is 0 Å². The Labute approximate surface area is 104 Å².